The Kier molecular flexibility index (Phi) is 6.91. The van der Waals surface area contributed by atoms with Crippen LogP contribution in [0.15, 0.2) is 85.0 Å². The maximum absolute atomic E-state index is 6.95. The van der Waals surface area contributed by atoms with E-state index >= 15 is 0 Å². The van der Waals surface area contributed by atoms with Gasteiger partial charge in [-0.1, -0.05) is 94.1 Å². The molecular weight excluding hydrogens is 376 g/mol. The van der Waals surface area contributed by atoms with E-state index in [-0.39, 0.29) is 17.4 Å². The Hall–Kier alpha value is -1.98. The summed E-state index contributed by atoms with van der Waals surface area (Å²) >= 11 is 0. The maximum Gasteiger partial charge on any atom is 0.261 e. The predicted octanol–water partition coefficient (Wildman–Crippen LogP) is 4.44. The van der Waals surface area contributed by atoms with E-state index in [1.54, 1.807) is 0 Å². The molecule has 154 valence electrons. The molecule has 2 atom stereocenters. The van der Waals surface area contributed by atoms with Gasteiger partial charge in [-0.15, -0.1) is 0 Å². The van der Waals surface area contributed by atoms with Crippen molar-refractivity contribution >= 4 is 18.7 Å². The molecule has 0 spiro atoms. The third-order valence-corrected chi connectivity index (χ3v) is 10.4. The molecule has 0 amide bonds. The van der Waals surface area contributed by atoms with Crippen LogP contribution in [0.5, 0.6) is 0 Å². The minimum absolute atomic E-state index is 0.0569. The van der Waals surface area contributed by atoms with Crippen LogP contribution in [0.3, 0.4) is 0 Å². The molecule has 0 fully saturated rings. The molecule has 1 aliphatic rings. The Bertz CT molecular complexity index is 785. The molecule has 1 heterocycles. The quantitative estimate of drug-likeness (QED) is 0.605. The maximum atomic E-state index is 6.95. The summed E-state index contributed by atoms with van der Waals surface area (Å²) in [7, 11) is -2.57. The SMILES string of the molecule is C=CC1=C[C@@H](CO[Si](c2ccccc2)(c2ccccc2)C(C)(C)C)O[C@@H]1OCC. The van der Waals surface area contributed by atoms with Crippen molar-refractivity contribution in [1.29, 1.82) is 0 Å². The Labute approximate surface area is 176 Å². The summed E-state index contributed by atoms with van der Waals surface area (Å²) < 4.78 is 18.7. The smallest absolute Gasteiger partial charge is 0.261 e. The van der Waals surface area contributed by atoms with Gasteiger partial charge in [-0.25, -0.2) is 0 Å². The molecule has 0 unspecified atom stereocenters. The summed E-state index contributed by atoms with van der Waals surface area (Å²) in [4.78, 5) is 0. The van der Waals surface area contributed by atoms with Crippen LogP contribution in [0.2, 0.25) is 5.04 Å². The van der Waals surface area contributed by atoms with Gasteiger partial charge in [-0.05, 0) is 28.4 Å². The molecule has 0 saturated carbocycles. The largest absolute Gasteiger partial charge is 0.404 e. The first-order valence-corrected chi connectivity index (χ1v) is 12.2. The summed E-state index contributed by atoms with van der Waals surface area (Å²) in [6.45, 7) is 13.8. The molecule has 0 aromatic heterocycles. The van der Waals surface area contributed by atoms with E-state index in [1.165, 1.54) is 10.4 Å². The zero-order valence-electron chi connectivity index (χ0n) is 17.9. The molecule has 3 nitrogen and oxygen atoms in total. The fourth-order valence-electron chi connectivity index (χ4n) is 4.08. The highest BCUT2D eigenvalue weighted by Crippen LogP contribution is 2.37. The van der Waals surface area contributed by atoms with E-state index in [1.807, 2.05) is 13.0 Å². The average Bonchev–Trinajstić information content (AvgIpc) is 3.11. The number of ether oxygens (including phenoxy) is 2. The standard InChI is InChI=1S/C25H32O3Si/c1-6-20-18-21(28-24(20)26-7-2)19-27-29(25(3,4)5,22-14-10-8-11-15-22)23-16-12-9-13-17-23/h6,8-18,21,24H,1,7,19H2,2-5H3/t21-,24-/m0/s1. The van der Waals surface area contributed by atoms with Crippen molar-refractivity contribution in [1.82, 2.24) is 0 Å². The predicted molar refractivity (Wildman–Crippen MR) is 122 cm³/mol. The second-order valence-electron chi connectivity index (χ2n) is 8.31. The molecule has 0 N–H and O–H groups in total. The third-order valence-electron chi connectivity index (χ3n) is 5.38. The van der Waals surface area contributed by atoms with Crippen LogP contribution in [0.4, 0.5) is 0 Å². The molecule has 0 radical (unpaired) electrons. The molecule has 4 heteroatoms. The number of hydrogen-bond acceptors (Lipinski definition) is 3. The first kappa shape index (κ1) is 21.7. The van der Waals surface area contributed by atoms with E-state index in [2.05, 4.69) is 94.1 Å². The highest BCUT2D eigenvalue weighted by molar-refractivity contribution is 6.99. The van der Waals surface area contributed by atoms with Gasteiger partial charge in [0, 0.05) is 12.2 Å². The zero-order valence-corrected chi connectivity index (χ0v) is 18.9. The molecule has 0 saturated heterocycles. The normalized spacial score (nSPS) is 19.8. The van der Waals surface area contributed by atoms with Crippen molar-refractivity contribution < 1.29 is 13.9 Å². The van der Waals surface area contributed by atoms with E-state index < -0.39 is 8.32 Å². The Morgan fingerprint density at radius 1 is 1.00 bits per heavy atom. The van der Waals surface area contributed by atoms with Gasteiger partial charge in [-0.3, -0.25) is 0 Å². The van der Waals surface area contributed by atoms with E-state index in [4.69, 9.17) is 13.9 Å². The lowest BCUT2D eigenvalue weighted by Crippen LogP contribution is -2.67. The van der Waals surface area contributed by atoms with Gasteiger partial charge in [0.15, 0.2) is 6.29 Å². The second kappa shape index (κ2) is 9.22. The zero-order chi connectivity index (χ0) is 20.9. The molecule has 0 bridgehead atoms. The van der Waals surface area contributed by atoms with Gasteiger partial charge >= 0.3 is 0 Å². The Balaban J connectivity index is 1.97. The fourth-order valence-corrected chi connectivity index (χ4v) is 8.65. The number of rotatable bonds is 8. The Morgan fingerprint density at radius 3 is 2.00 bits per heavy atom. The number of benzene rings is 2. The van der Waals surface area contributed by atoms with E-state index in [0.717, 1.165) is 5.57 Å². The highest BCUT2D eigenvalue weighted by atomic mass is 28.4. The van der Waals surface area contributed by atoms with Crippen LogP contribution in [-0.2, 0) is 13.9 Å². The number of hydrogen-bond donors (Lipinski definition) is 0. The first-order chi connectivity index (χ1) is 13.9. The van der Waals surface area contributed by atoms with Crippen LogP contribution in [-0.4, -0.2) is 33.9 Å². The monoisotopic (exact) mass is 408 g/mol. The van der Waals surface area contributed by atoms with Crippen LogP contribution in [0.25, 0.3) is 0 Å². The van der Waals surface area contributed by atoms with Gasteiger partial charge in [0.25, 0.3) is 8.32 Å². The van der Waals surface area contributed by atoms with Gasteiger partial charge in [0.2, 0.25) is 0 Å². The van der Waals surface area contributed by atoms with Crippen molar-refractivity contribution in [2.45, 2.75) is 45.1 Å². The van der Waals surface area contributed by atoms with Crippen molar-refractivity contribution in [3.05, 3.63) is 85.0 Å². The molecule has 0 aliphatic carbocycles. The molecule has 2 aromatic carbocycles. The lowest BCUT2D eigenvalue weighted by atomic mass is 10.2. The van der Waals surface area contributed by atoms with Gasteiger partial charge < -0.3 is 13.9 Å². The fraction of sp³-hybridized carbons (Fsp3) is 0.360. The van der Waals surface area contributed by atoms with E-state index in [9.17, 15) is 0 Å². The van der Waals surface area contributed by atoms with Crippen LogP contribution < -0.4 is 10.4 Å². The summed E-state index contributed by atoms with van der Waals surface area (Å²) in [6, 6.07) is 21.3. The molecule has 1 aliphatic heterocycles. The molecule has 29 heavy (non-hydrogen) atoms. The lowest BCUT2D eigenvalue weighted by molar-refractivity contribution is -0.124. The minimum Gasteiger partial charge on any atom is -0.404 e. The molecule has 3 rings (SSSR count). The van der Waals surface area contributed by atoms with E-state index in [0.29, 0.717) is 13.2 Å². The Morgan fingerprint density at radius 2 is 1.55 bits per heavy atom. The average molecular weight is 409 g/mol. The summed E-state index contributed by atoms with van der Waals surface area (Å²) in [5.74, 6) is 0. The highest BCUT2D eigenvalue weighted by Gasteiger charge is 2.50. The summed E-state index contributed by atoms with van der Waals surface area (Å²) in [5, 5.41) is 2.48. The minimum atomic E-state index is -2.57. The van der Waals surface area contributed by atoms with Gasteiger partial charge in [-0.2, -0.15) is 0 Å². The molecule has 2 aromatic rings. The van der Waals surface area contributed by atoms with Crippen molar-refractivity contribution in [3.8, 4) is 0 Å². The lowest BCUT2D eigenvalue weighted by Gasteiger charge is -2.43. The topological polar surface area (TPSA) is 27.7 Å². The van der Waals surface area contributed by atoms with Gasteiger partial charge in [0.1, 0.15) is 6.10 Å². The van der Waals surface area contributed by atoms with Gasteiger partial charge in [0.05, 0.1) is 6.61 Å². The summed E-state index contributed by atoms with van der Waals surface area (Å²) in [5.41, 5.74) is 0.975. The third kappa shape index (κ3) is 4.46. The second-order valence-corrected chi connectivity index (χ2v) is 12.6. The van der Waals surface area contributed by atoms with Crippen LogP contribution in [0, 0.1) is 0 Å². The first-order valence-electron chi connectivity index (χ1n) is 10.3. The molecular formula is C25H32O3Si. The summed E-state index contributed by atoms with van der Waals surface area (Å²) in [6.07, 6.45) is 3.38. The van der Waals surface area contributed by atoms with Crippen molar-refractivity contribution in [2.24, 2.45) is 0 Å². The van der Waals surface area contributed by atoms with Crippen molar-refractivity contribution in [2.75, 3.05) is 13.2 Å². The van der Waals surface area contributed by atoms with Crippen LogP contribution in [0.1, 0.15) is 27.7 Å². The van der Waals surface area contributed by atoms with Crippen LogP contribution >= 0.6 is 0 Å². The van der Waals surface area contributed by atoms with Crippen molar-refractivity contribution in [3.63, 3.8) is 0 Å².